The zero-order valence-corrected chi connectivity index (χ0v) is 12.8. The average molecular weight is 305 g/mol. The Bertz CT molecular complexity index is 455. The molecule has 1 unspecified atom stereocenters. The molecule has 0 aromatic carbocycles. The van der Waals surface area contributed by atoms with E-state index in [-0.39, 0.29) is 30.0 Å². The highest BCUT2D eigenvalue weighted by Gasteiger charge is 2.24. The molecule has 0 bridgehead atoms. The smallest absolute Gasteiger partial charge is 0.237 e. The monoisotopic (exact) mass is 305 g/mol. The van der Waals surface area contributed by atoms with Gasteiger partial charge in [-0.3, -0.25) is 9.59 Å². The number of piperidine rings is 1. The Kier molecular flexibility index (Phi) is 5.94. The van der Waals surface area contributed by atoms with Gasteiger partial charge in [0, 0.05) is 32.3 Å². The Morgan fingerprint density at radius 2 is 1.90 bits per heavy atom. The third-order valence-corrected chi connectivity index (χ3v) is 4.40. The fraction of sp³-hybridized carbons (Fsp3) is 0.833. The first-order valence-electron chi connectivity index (χ1n) is 6.68. The lowest BCUT2D eigenvalue weighted by Crippen LogP contribution is -2.50. The van der Waals surface area contributed by atoms with Gasteiger partial charge >= 0.3 is 0 Å². The van der Waals surface area contributed by atoms with E-state index < -0.39 is 15.9 Å². The number of carbonyl (C=O) groups excluding carboxylic acids is 2. The van der Waals surface area contributed by atoms with Crippen molar-refractivity contribution < 1.29 is 18.0 Å². The third-order valence-electron chi connectivity index (χ3n) is 3.42. The van der Waals surface area contributed by atoms with Crippen LogP contribution >= 0.6 is 0 Å². The predicted molar refractivity (Wildman–Crippen MR) is 75.7 cm³/mol. The van der Waals surface area contributed by atoms with Gasteiger partial charge in [-0.05, 0) is 19.3 Å². The van der Waals surface area contributed by atoms with Gasteiger partial charge in [0.1, 0.15) is 9.84 Å². The second-order valence-corrected chi connectivity index (χ2v) is 7.57. The summed E-state index contributed by atoms with van der Waals surface area (Å²) in [6.45, 7) is 2.78. The number of carbonyl (C=O) groups is 2. The van der Waals surface area contributed by atoms with Crippen LogP contribution in [0.1, 0.15) is 26.2 Å². The highest BCUT2D eigenvalue weighted by atomic mass is 32.2. The van der Waals surface area contributed by atoms with Crippen molar-refractivity contribution in [1.82, 2.24) is 10.2 Å². The van der Waals surface area contributed by atoms with Gasteiger partial charge in [-0.15, -0.1) is 0 Å². The predicted octanol–water partition coefficient (Wildman–Crippen LogP) is -1.12. The Balaban J connectivity index is 2.34. The summed E-state index contributed by atoms with van der Waals surface area (Å²) in [4.78, 5) is 24.8. The van der Waals surface area contributed by atoms with Crippen LogP contribution in [0.25, 0.3) is 0 Å². The maximum absolute atomic E-state index is 11.8. The molecule has 1 heterocycles. The largest absolute Gasteiger partial charge is 0.352 e. The second kappa shape index (κ2) is 7.03. The zero-order chi connectivity index (χ0) is 15.3. The molecule has 1 aliphatic rings. The van der Waals surface area contributed by atoms with E-state index >= 15 is 0 Å². The molecule has 0 radical (unpaired) electrons. The van der Waals surface area contributed by atoms with Crippen molar-refractivity contribution >= 4 is 21.7 Å². The first kappa shape index (κ1) is 16.9. The van der Waals surface area contributed by atoms with E-state index in [2.05, 4.69) is 5.32 Å². The molecule has 0 saturated carbocycles. The van der Waals surface area contributed by atoms with Crippen molar-refractivity contribution in [3.8, 4) is 0 Å². The molecule has 0 aromatic heterocycles. The highest BCUT2D eigenvalue weighted by Crippen LogP contribution is 2.10. The van der Waals surface area contributed by atoms with Crippen LogP contribution < -0.4 is 11.1 Å². The number of hydrogen-bond acceptors (Lipinski definition) is 5. The van der Waals surface area contributed by atoms with Crippen LogP contribution in [0.5, 0.6) is 0 Å². The number of rotatable bonds is 5. The summed E-state index contributed by atoms with van der Waals surface area (Å²) in [7, 11) is -3.11. The van der Waals surface area contributed by atoms with Crippen LogP contribution in [0.15, 0.2) is 0 Å². The Hall–Kier alpha value is -1.15. The van der Waals surface area contributed by atoms with Gasteiger partial charge in [0.25, 0.3) is 0 Å². The van der Waals surface area contributed by atoms with Crippen molar-refractivity contribution in [2.75, 3.05) is 25.1 Å². The molecule has 1 fully saturated rings. The molecule has 1 saturated heterocycles. The minimum Gasteiger partial charge on any atom is -0.352 e. The van der Waals surface area contributed by atoms with E-state index in [0.717, 1.165) is 6.26 Å². The molecule has 20 heavy (non-hydrogen) atoms. The molecule has 0 spiro atoms. The van der Waals surface area contributed by atoms with E-state index in [1.807, 2.05) is 0 Å². The Morgan fingerprint density at radius 3 is 2.35 bits per heavy atom. The first-order valence-corrected chi connectivity index (χ1v) is 8.74. The van der Waals surface area contributed by atoms with E-state index in [1.165, 1.54) is 6.92 Å². The molecule has 1 rings (SSSR count). The molecule has 0 aliphatic carbocycles. The molecular weight excluding hydrogens is 282 g/mol. The van der Waals surface area contributed by atoms with Gasteiger partial charge in [0.05, 0.1) is 11.8 Å². The maximum atomic E-state index is 11.8. The number of nitrogens with two attached hydrogens (primary N) is 1. The van der Waals surface area contributed by atoms with Gasteiger partial charge < -0.3 is 16.0 Å². The normalized spacial score (nSPS) is 18.6. The lowest BCUT2D eigenvalue weighted by molar-refractivity contribution is -0.130. The minimum atomic E-state index is -3.11. The van der Waals surface area contributed by atoms with E-state index in [0.29, 0.717) is 25.9 Å². The van der Waals surface area contributed by atoms with Crippen LogP contribution in [-0.2, 0) is 19.4 Å². The number of amides is 2. The SMILES string of the molecule is CC(=O)N1CCC(NC(=O)C(N)CCS(C)(=O)=O)CC1. The molecule has 1 atom stereocenters. The first-order chi connectivity index (χ1) is 9.19. The van der Waals surface area contributed by atoms with E-state index in [1.54, 1.807) is 4.90 Å². The lowest BCUT2D eigenvalue weighted by Gasteiger charge is -2.32. The Morgan fingerprint density at radius 1 is 1.35 bits per heavy atom. The molecule has 116 valence electrons. The lowest BCUT2D eigenvalue weighted by atomic mass is 10.0. The quantitative estimate of drug-likeness (QED) is 0.668. The Labute approximate surface area is 119 Å². The standard InChI is InChI=1S/C12H23N3O4S/c1-9(16)15-6-3-10(4-7-15)14-12(17)11(13)5-8-20(2,18)19/h10-11H,3-8,13H2,1-2H3,(H,14,17). The molecule has 2 amide bonds. The summed E-state index contributed by atoms with van der Waals surface area (Å²) in [5, 5.41) is 2.82. The summed E-state index contributed by atoms with van der Waals surface area (Å²) < 4.78 is 22.0. The van der Waals surface area contributed by atoms with Crippen LogP contribution in [-0.4, -0.2) is 62.3 Å². The van der Waals surface area contributed by atoms with Crippen molar-refractivity contribution in [2.45, 2.75) is 38.3 Å². The molecule has 0 aromatic rings. The fourth-order valence-electron chi connectivity index (χ4n) is 2.12. The van der Waals surface area contributed by atoms with Gasteiger partial charge in [0.2, 0.25) is 11.8 Å². The van der Waals surface area contributed by atoms with Crippen molar-refractivity contribution in [3.05, 3.63) is 0 Å². The summed E-state index contributed by atoms with van der Waals surface area (Å²) >= 11 is 0. The minimum absolute atomic E-state index is 0.00221. The molecule has 3 N–H and O–H groups in total. The number of likely N-dealkylation sites (tertiary alicyclic amines) is 1. The van der Waals surface area contributed by atoms with Gasteiger partial charge in [-0.25, -0.2) is 8.42 Å². The summed E-state index contributed by atoms with van der Waals surface area (Å²) in [5.74, 6) is -0.376. The van der Waals surface area contributed by atoms with Gasteiger partial charge in [-0.1, -0.05) is 0 Å². The number of hydrogen-bond donors (Lipinski definition) is 2. The van der Waals surface area contributed by atoms with Crippen LogP contribution in [0.2, 0.25) is 0 Å². The molecular formula is C12H23N3O4S. The van der Waals surface area contributed by atoms with Crippen LogP contribution in [0, 0.1) is 0 Å². The fourth-order valence-corrected chi connectivity index (χ4v) is 2.80. The van der Waals surface area contributed by atoms with Crippen LogP contribution in [0.4, 0.5) is 0 Å². The van der Waals surface area contributed by atoms with Gasteiger partial charge in [-0.2, -0.15) is 0 Å². The summed E-state index contributed by atoms with van der Waals surface area (Å²) in [5.41, 5.74) is 5.68. The highest BCUT2D eigenvalue weighted by molar-refractivity contribution is 7.90. The zero-order valence-electron chi connectivity index (χ0n) is 12.0. The second-order valence-electron chi connectivity index (χ2n) is 5.31. The van der Waals surface area contributed by atoms with E-state index in [4.69, 9.17) is 5.73 Å². The molecule has 1 aliphatic heterocycles. The topological polar surface area (TPSA) is 110 Å². The van der Waals surface area contributed by atoms with Crippen molar-refractivity contribution in [3.63, 3.8) is 0 Å². The number of nitrogens with zero attached hydrogens (tertiary/aromatic N) is 1. The third kappa shape index (κ3) is 5.87. The number of nitrogens with one attached hydrogen (secondary N) is 1. The van der Waals surface area contributed by atoms with Crippen LogP contribution in [0.3, 0.4) is 0 Å². The average Bonchev–Trinajstić information content (AvgIpc) is 2.35. The van der Waals surface area contributed by atoms with Crippen molar-refractivity contribution in [2.24, 2.45) is 5.73 Å². The van der Waals surface area contributed by atoms with E-state index in [9.17, 15) is 18.0 Å². The van der Waals surface area contributed by atoms with Crippen molar-refractivity contribution in [1.29, 1.82) is 0 Å². The maximum Gasteiger partial charge on any atom is 0.237 e. The molecule has 7 nitrogen and oxygen atoms in total. The number of sulfone groups is 1. The van der Waals surface area contributed by atoms with Gasteiger partial charge in [0.15, 0.2) is 0 Å². The summed E-state index contributed by atoms with van der Waals surface area (Å²) in [6, 6.07) is -0.807. The summed E-state index contributed by atoms with van der Waals surface area (Å²) in [6.07, 6.45) is 2.64. The molecule has 8 heteroatoms.